The number of fused-ring (bicyclic) bond motifs is 1. The number of benzene rings is 4. The average Bonchev–Trinajstić information content (AvgIpc) is 3.00. The zero-order valence-electron chi connectivity index (χ0n) is 22.9. The molecule has 0 bridgehead atoms. The monoisotopic (exact) mass is 566 g/mol. The van der Waals surface area contributed by atoms with E-state index in [9.17, 15) is 14.4 Å². The van der Waals surface area contributed by atoms with Gasteiger partial charge in [0.1, 0.15) is 41.3 Å². The molecule has 1 unspecified atom stereocenters. The summed E-state index contributed by atoms with van der Waals surface area (Å²) in [6.45, 7) is 2.34. The Morgan fingerprint density at radius 2 is 1.81 bits per heavy atom. The van der Waals surface area contributed by atoms with Crippen molar-refractivity contribution in [1.29, 1.82) is 5.26 Å². The SMILES string of the molecule is CCOc1cccc(C(=O)Oc2ccc3c(c2)OC(N)=C(C#N)C3c2ccc(OCc3ccccc3F)c(OC)c2)c1. The Balaban J connectivity index is 1.42. The molecule has 1 aliphatic heterocycles. The molecule has 42 heavy (non-hydrogen) atoms. The van der Waals surface area contributed by atoms with Crippen LogP contribution in [-0.4, -0.2) is 19.7 Å². The minimum absolute atomic E-state index is 0.0101. The quantitative estimate of drug-likeness (QED) is 0.187. The average molecular weight is 567 g/mol. The number of halogens is 1. The van der Waals surface area contributed by atoms with Gasteiger partial charge in [-0.3, -0.25) is 0 Å². The van der Waals surface area contributed by atoms with Crippen LogP contribution in [0.25, 0.3) is 0 Å². The smallest absolute Gasteiger partial charge is 0.343 e. The molecule has 1 heterocycles. The van der Waals surface area contributed by atoms with Crippen LogP contribution in [0.5, 0.6) is 28.7 Å². The summed E-state index contributed by atoms with van der Waals surface area (Å²) in [6.07, 6.45) is 0. The Hall–Kier alpha value is -5.49. The van der Waals surface area contributed by atoms with E-state index in [-0.39, 0.29) is 29.6 Å². The number of esters is 1. The van der Waals surface area contributed by atoms with Gasteiger partial charge in [0.25, 0.3) is 0 Å². The van der Waals surface area contributed by atoms with Gasteiger partial charge < -0.3 is 29.4 Å². The van der Waals surface area contributed by atoms with Crippen LogP contribution >= 0.6 is 0 Å². The van der Waals surface area contributed by atoms with Crippen LogP contribution in [0.3, 0.4) is 0 Å². The van der Waals surface area contributed by atoms with Crippen molar-refractivity contribution in [2.24, 2.45) is 5.73 Å². The first-order valence-corrected chi connectivity index (χ1v) is 13.1. The lowest BCUT2D eigenvalue weighted by atomic mass is 9.83. The molecule has 8 nitrogen and oxygen atoms in total. The highest BCUT2D eigenvalue weighted by Crippen LogP contribution is 2.45. The number of nitrogens with two attached hydrogens (primary N) is 1. The molecule has 1 aliphatic rings. The first-order chi connectivity index (χ1) is 20.4. The van der Waals surface area contributed by atoms with Crippen molar-refractivity contribution < 1.29 is 32.9 Å². The minimum atomic E-state index is -0.596. The standard InChI is InChI=1S/C33H27FN2O6/c1-3-39-23-9-6-8-21(15-23)33(37)41-24-12-13-25-29(17-24)42-32(36)26(18-35)31(25)20-11-14-28(30(16-20)38-2)40-19-22-7-4-5-10-27(22)34/h4-17,31H,3,19,36H2,1-2H3. The van der Waals surface area contributed by atoms with Crippen LogP contribution in [0.4, 0.5) is 4.39 Å². The largest absolute Gasteiger partial charge is 0.494 e. The summed E-state index contributed by atoms with van der Waals surface area (Å²) >= 11 is 0. The van der Waals surface area contributed by atoms with Gasteiger partial charge in [-0.25, -0.2) is 9.18 Å². The Bertz CT molecular complexity index is 1710. The van der Waals surface area contributed by atoms with Crippen LogP contribution in [-0.2, 0) is 6.61 Å². The summed E-state index contributed by atoms with van der Waals surface area (Å²) < 4.78 is 42.3. The van der Waals surface area contributed by atoms with Gasteiger partial charge in [-0.15, -0.1) is 0 Å². The fourth-order valence-corrected chi connectivity index (χ4v) is 4.64. The van der Waals surface area contributed by atoms with Crippen LogP contribution in [0.2, 0.25) is 0 Å². The number of rotatable bonds is 9. The van der Waals surface area contributed by atoms with E-state index in [1.165, 1.54) is 13.2 Å². The first-order valence-electron chi connectivity index (χ1n) is 13.1. The molecular weight excluding hydrogens is 539 g/mol. The molecule has 9 heteroatoms. The Morgan fingerprint density at radius 1 is 0.976 bits per heavy atom. The molecule has 2 N–H and O–H groups in total. The molecule has 0 aromatic heterocycles. The Kier molecular flexibility index (Phi) is 8.25. The normalized spacial score (nSPS) is 13.8. The van der Waals surface area contributed by atoms with Crippen molar-refractivity contribution in [3.05, 3.63) is 124 Å². The topological polar surface area (TPSA) is 113 Å². The summed E-state index contributed by atoms with van der Waals surface area (Å²) in [6, 6.07) is 25.3. The molecule has 4 aromatic carbocycles. The predicted octanol–water partition coefficient (Wildman–Crippen LogP) is 6.25. The van der Waals surface area contributed by atoms with Crippen LogP contribution in [0.1, 0.15) is 39.9 Å². The van der Waals surface area contributed by atoms with Gasteiger partial charge in [-0.05, 0) is 55.0 Å². The lowest BCUT2D eigenvalue weighted by Crippen LogP contribution is -2.21. The van der Waals surface area contributed by atoms with Gasteiger partial charge in [0.05, 0.1) is 25.2 Å². The lowest BCUT2D eigenvalue weighted by molar-refractivity contribution is 0.0734. The van der Waals surface area contributed by atoms with Crippen LogP contribution < -0.4 is 29.4 Å². The molecule has 0 radical (unpaired) electrons. The zero-order chi connectivity index (χ0) is 29.6. The van der Waals surface area contributed by atoms with Gasteiger partial charge in [-0.1, -0.05) is 36.4 Å². The van der Waals surface area contributed by atoms with Gasteiger partial charge in [0.2, 0.25) is 5.88 Å². The van der Waals surface area contributed by atoms with Crippen molar-refractivity contribution in [2.75, 3.05) is 13.7 Å². The maximum absolute atomic E-state index is 14.1. The van der Waals surface area contributed by atoms with Gasteiger partial charge in [0.15, 0.2) is 11.5 Å². The molecule has 4 aromatic rings. The van der Waals surface area contributed by atoms with Crippen molar-refractivity contribution in [3.8, 4) is 34.8 Å². The number of hydrogen-bond acceptors (Lipinski definition) is 8. The summed E-state index contributed by atoms with van der Waals surface area (Å²) in [7, 11) is 1.49. The fourth-order valence-electron chi connectivity index (χ4n) is 4.64. The molecular formula is C33H27FN2O6. The van der Waals surface area contributed by atoms with Crippen molar-refractivity contribution in [1.82, 2.24) is 0 Å². The molecule has 0 saturated carbocycles. The highest BCUT2D eigenvalue weighted by atomic mass is 19.1. The second-order valence-electron chi connectivity index (χ2n) is 9.27. The van der Waals surface area contributed by atoms with Crippen molar-refractivity contribution >= 4 is 5.97 Å². The third kappa shape index (κ3) is 5.83. The Labute approximate surface area is 242 Å². The maximum Gasteiger partial charge on any atom is 0.343 e. The first kappa shape index (κ1) is 28.1. The summed E-state index contributed by atoms with van der Waals surface area (Å²) in [5.74, 6) is 0.337. The van der Waals surface area contributed by atoms with E-state index in [1.807, 2.05) is 6.92 Å². The second-order valence-corrected chi connectivity index (χ2v) is 9.27. The van der Waals surface area contributed by atoms with E-state index < -0.39 is 11.9 Å². The van der Waals surface area contributed by atoms with Gasteiger partial charge >= 0.3 is 5.97 Å². The third-order valence-electron chi connectivity index (χ3n) is 6.64. The number of carbonyl (C=O) groups is 1. The summed E-state index contributed by atoms with van der Waals surface area (Å²) in [5, 5.41) is 9.96. The highest BCUT2D eigenvalue weighted by molar-refractivity contribution is 5.91. The van der Waals surface area contributed by atoms with E-state index in [0.717, 1.165) is 0 Å². The molecule has 212 valence electrons. The molecule has 0 fully saturated rings. The second kappa shape index (κ2) is 12.4. The van der Waals surface area contributed by atoms with E-state index in [2.05, 4.69) is 6.07 Å². The minimum Gasteiger partial charge on any atom is -0.494 e. The van der Waals surface area contributed by atoms with Crippen LogP contribution in [0.15, 0.2) is 96.4 Å². The number of ether oxygens (including phenoxy) is 5. The van der Waals surface area contributed by atoms with E-state index in [0.29, 0.717) is 51.9 Å². The molecule has 0 amide bonds. The number of hydrogen-bond donors (Lipinski definition) is 1. The number of methoxy groups -OCH3 is 1. The molecule has 0 aliphatic carbocycles. The molecule has 0 saturated heterocycles. The fraction of sp³-hybridized carbons (Fsp3) is 0.152. The van der Waals surface area contributed by atoms with E-state index in [4.69, 9.17) is 29.4 Å². The number of nitriles is 1. The highest BCUT2D eigenvalue weighted by Gasteiger charge is 2.32. The number of carbonyl (C=O) groups excluding carboxylic acids is 1. The van der Waals surface area contributed by atoms with Crippen molar-refractivity contribution in [2.45, 2.75) is 19.4 Å². The Morgan fingerprint density at radius 3 is 2.57 bits per heavy atom. The maximum atomic E-state index is 14.1. The van der Waals surface area contributed by atoms with E-state index >= 15 is 0 Å². The number of allylic oxidation sites excluding steroid dienone is 1. The lowest BCUT2D eigenvalue weighted by Gasteiger charge is -2.27. The molecule has 5 rings (SSSR count). The molecule has 1 atom stereocenters. The predicted molar refractivity (Wildman–Crippen MR) is 152 cm³/mol. The summed E-state index contributed by atoms with van der Waals surface area (Å²) in [5.41, 5.74) is 8.44. The van der Waals surface area contributed by atoms with Crippen LogP contribution in [0, 0.1) is 17.1 Å². The van der Waals surface area contributed by atoms with Gasteiger partial charge in [0, 0.05) is 17.2 Å². The zero-order valence-corrected chi connectivity index (χ0v) is 22.9. The third-order valence-corrected chi connectivity index (χ3v) is 6.64. The molecule has 0 spiro atoms. The van der Waals surface area contributed by atoms with Gasteiger partial charge in [-0.2, -0.15) is 5.26 Å². The number of nitrogens with zero attached hydrogens (tertiary/aromatic N) is 1. The van der Waals surface area contributed by atoms with Crippen molar-refractivity contribution in [3.63, 3.8) is 0 Å². The summed E-state index contributed by atoms with van der Waals surface area (Å²) in [4.78, 5) is 12.8. The van der Waals surface area contributed by atoms with E-state index in [1.54, 1.807) is 78.9 Å².